The molecule has 0 unspecified atom stereocenters. The molecule has 1 aromatic carbocycles. The molecule has 2 N–H and O–H groups in total. The number of carbonyl (C=O) groups excluding carboxylic acids is 1. The summed E-state index contributed by atoms with van der Waals surface area (Å²) < 4.78 is 42.0. The number of nitrogens with one attached hydrogen (secondary N) is 2. The van der Waals surface area contributed by atoms with Gasteiger partial charge in [0.15, 0.2) is 0 Å². The van der Waals surface area contributed by atoms with Gasteiger partial charge in [-0.25, -0.2) is 15.0 Å². The van der Waals surface area contributed by atoms with Crippen molar-refractivity contribution < 1.29 is 22.7 Å². The number of nitrogens with zero attached hydrogens (tertiary/aromatic N) is 4. The van der Waals surface area contributed by atoms with Crippen LogP contribution >= 0.6 is 0 Å². The lowest BCUT2D eigenvalue weighted by Crippen LogP contribution is -2.29. The van der Waals surface area contributed by atoms with Crippen LogP contribution in [-0.4, -0.2) is 44.9 Å². The molecule has 0 fully saturated rings. The molecule has 3 aromatic rings. The topological polar surface area (TPSA) is 94.0 Å². The third-order valence-electron chi connectivity index (χ3n) is 3.79. The number of imidazole rings is 1. The van der Waals surface area contributed by atoms with E-state index < -0.39 is 12.3 Å². The van der Waals surface area contributed by atoms with Crippen LogP contribution in [-0.2, 0) is 0 Å². The summed E-state index contributed by atoms with van der Waals surface area (Å²) in [5, 5.41) is 5.73. The van der Waals surface area contributed by atoms with E-state index in [1.54, 1.807) is 23.0 Å². The van der Waals surface area contributed by atoms with Gasteiger partial charge in [0.25, 0.3) is 5.91 Å². The second-order valence-corrected chi connectivity index (χ2v) is 5.86. The van der Waals surface area contributed by atoms with Crippen LogP contribution in [0.3, 0.4) is 0 Å². The molecule has 0 radical (unpaired) electrons. The molecule has 0 aliphatic rings. The SMILES string of the molecule is Cc1nccn1-c1cc(NCCNC(=O)c2ccc(OC(F)(F)F)cc2)ncn1. The maximum absolute atomic E-state index is 12.1. The van der Waals surface area contributed by atoms with Crippen LogP contribution in [0, 0.1) is 6.92 Å². The fourth-order valence-corrected chi connectivity index (χ4v) is 2.47. The number of alkyl halides is 3. The summed E-state index contributed by atoms with van der Waals surface area (Å²) in [7, 11) is 0. The predicted octanol–water partition coefficient (Wildman–Crippen LogP) is 2.71. The van der Waals surface area contributed by atoms with Crippen LogP contribution in [0.15, 0.2) is 49.1 Å². The van der Waals surface area contributed by atoms with Crippen LogP contribution in [0.5, 0.6) is 5.75 Å². The van der Waals surface area contributed by atoms with Gasteiger partial charge in [0, 0.05) is 37.1 Å². The largest absolute Gasteiger partial charge is 0.573 e. The highest BCUT2D eigenvalue weighted by Crippen LogP contribution is 2.22. The number of rotatable bonds is 7. The highest BCUT2D eigenvalue weighted by Gasteiger charge is 2.31. The Hall–Kier alpha value is -3.63. The maximum Gasteiger partial charge on any atom is 0.573 e. The van der Waals surface area contributed by atoms with E-state index in [4.69, 9.17) is 0 Å². The highest BCUT2D eigenvalue weighted by atomic mass is 19.4. The molecule has 11 heteroatoms. The summed E-state index contributed by atoms with van der Waals surface area (Å²) >= 11 is 0. The van der Waals surface area contributed by atoms with Crippen LogP contribution in [0.4, 0.5) is 19.0 Å². The van der Waals surface area contributed by atoms with E-state index in [2.05, 4.69) is 30.3 Å². The van der Waals surface area contributed by atoms with E-state index in [0.717, 1.165) is 18.0 Å². The smallest absolute Gasteiger partial charge is 0.406 e. The number of aryl methyl sites for hydroxylation is 1. The standard InChI is InChI=1S/C18H17F3N6O2/c1-12-22-8-9-27(12)16-10-15(25-11-26-16)23-6-7-24-17(28)13-2-4-14(5-3-13)29-18(19,20)21/h2-5,8-11H,6-7H2,1H3,(H,24,28)(H,23,25,26). The van der Waals surface area contributed by atoms with Gasteiger partial charge >= 0.3 is 6.36 Å². The van der Waals surface area contributed by atoms with Crippen molar-refractivity contribution in [1.29, 1.82) is 0 Å². The fraction of sp³-hybridized carbons (Fsp3) is 0.222. The van der Waals surface area contributed by atoms with Gasteiger partial charge < -0.3 is 15.4 Å². The molecule has 29 heavy (non-hydrogen) atoms. The number of benzene rings is 1. The molecule has 1 amide bonds. The second-order valence-electron chi connectivity index (χ2n) is 5.86. The Kier molecular flexibility index (Phi) is 5.96. The Morgan fingerprint density at radius 3 is 2.55 bits per heavy atom. The van der Waals surface area contributed by atoms with E-state index in [-0.39, 0.29) is 17.9 Å². The van der Waals surface area contributed by atoms with Crippen molar-refractivity contribution in [3.8, 4) is 11.6 Å². The van der Waals surface area contributed by atoms with Gasteiger partial charge in [-0.3, -0.25) is 9.36 Å². The van der Waals surface area contributed by atoms with Crippen molar-refractivity contribution in [3.63, 3.8) is 0 Å². The second kappa shape index (κ2) is 8.59. The van der Waals surface area contributed by atoms with Gasteiger partial charge in [-0.2, -0.15) is 0 Å². The normalized spacial score (nSPS) is 11.2. The number of hydrogen-bond donors (Lipinski definition) is 2. The lowest BCUT2D eigenvalue weighted by atomic mass is 10.2. The Bertz CT molecular complexity index is 972. The fourth-order valence-electron chi connectivity index (χ4n) is 2.47. The number of ether oxygens (including phenoxy) is 1. The van der Waals surface area contributed by atoms with Gasteiger partial charge in [-0.1, -0.05) is 0 Å². The summed E-state index contributed by atoms with van der Waals surface area (Å²) in [4.78, 5) is 24.5. The zero-order valence-corrected chi connectivity index (χ0v) is 15.3. The van der Waals surface area contributed by atoms with E-state index in [1.807, 2.05) is 6.92 Å². The molecule has 152 valence electrons. The molecule has 8 nitrogen and oxygen atoms in total. The Morgan fingerprint density at radius 1 is 1.14 bits per heavy atom. The van der Waals surface area contributed by atoms with Crippen molar-refractivity contribution >= 4 is 11.7 Å². The van der Waals surface area contributed by atoms with E-state index in [1.165, 1.54) is 18.5 Å². The first-order valence-electron chi connectivity index (χ1n) is 8.52. The highest BCUT2D eigenvalue weighted by molar-refractivity contribution is 5.94. The molecule has 0 saturated carbocycles. The molecule has 2 aromatic heterocycles. The van der Waals surface area contributed by atoms with Gasteiger partial charge in [0.05, 0.1) is 0 Å². The molecule has 0 aliphatic carbocycles. The van der Waals surface area contributed by atoms with E-state index in [9.17, 15) is 18.0 Å². The van der Waals surface area contributed by atoms with Gasteiger partial charge in [-0.15, -0.1) is 13.2 Å². The average molecular weight is 406 g/mol. The van der Waals surface area contributed by atoms with Crippen molar-refractivity contribution in [1.82, 2.24) is 24.8 Å². The average Bonchev–Trinajstić information content (AvgIpc) is 3.10. The third-order valence-corrected chi connectivity index (χ3v) is 3.79. The van der Waals surface area contributed by atoms with Gasteiger partial charge in [0.1, 0.15) is 29.5 Å². The summed E-state index contributed by atoms with van der Waals surface area (Å²) in [6, 6.07) is 6.43. The minimum Gasteiger partial charge on any atom is -0.406 e. The molecule has 2 heterocycles. The van der Waals surface area contributed by atoms with Crippen LogP contribution < -0.4 is 15.4 Å². The van der Waals surface area contributed by atoms with Crippen molar-refractivity contribution in [2.75, 3.05) is 18.4 Å². The Morgan fingerprint density at radius 2 is 1.90 bits per heavy atom. The summed E-state index contributed by atoms with van der Waals surface area (Å²) in [5.41, 5.74) is 0.222. The molecular formula is C18H17F3N6O2. The third kappa shape index (κ3) is 5.67. The molecule has 0 spiro atoms. The van der Waals surface area contributed by atoms with Crippen LogP contribution in [0.1, 0.15) is 16.2 Å². The molecule has 0 atom stereocenters. The van der Waals surface area contributed by atoms with Crippen molar-refractivity contribution in [3.05, 3.63) is 60.4 Å². The van der Waals surface area contributed by atoms with Gasteiger partial charge in [0.2, 0.25) is 0 Å². The first-order chi connectivity index (χ1) is 13.8. The zero-order chi connectivity index (χ0) is 20.9. The van der Waals surface area contributed by atoms with Crippen LogP contribution in [0.25, 0.3) is 5.82 Å². The number of hydrogen-bond acceptors (Lipinski definition) is 6. The van der Waals surface area contributed by atoms with Crippen LogP contribution in [0.2, 0.25) is 0 Å². The van der Waals surface area contributed by atoms with Crippen molar-refractivity contribution in [2.24, 2.45) is 0 Å². The number of carbonyl (C=O) groups is 1. The molecule has 0 bridgehead atoms. The zero-order valence-electron chi connectivity index (χ0n) is 15.3. The number of anilines is 1. The molecule has 0 aliphatic heterocycles. The molecular weight excluding hydrogens is 389 g/mol. The summed E-state index contributed by atoms with van der Waals surface area (Å²) in [6.45, 7) is 2.52. The van der Waals surface area contributed by atoms with E-state index in [0.29, 0.717) is 18.2 Å². The maximum atomic E-state index is 12.1. The minimum atomic E-state index is -4.77. The Balaban J connectivity index is 1.48. The first kappa shape index (κ1) is 20.1. The lowest BCUT2D eigenvalue weighted by Gasteiger charge is -2.10. The van der Waals surface area contributed by atoms with Gasteiger partial charge in [-0.05, 0) is 31.2 Å². The predicted molar refractivity (Wildman–Crippen MR) is 97.8 cm³/mol. The number of halogens is 3. The summed E-state index contributed by atoms with van der Waals surface area (Å²) in [6.07, 6.45) is 0.0989. The summed E-state index contributed by atoms with van der Waals surface area (Å²) in [5.74, 6) is 1.22. The number of amides is 1. The Labute approximate surface area is 163 Å². The quantitative estimate of drug-likeness (QED) is 0.586. The first-order valence-corrected chi connectivity index (χ1v) is 8.52. The molecule has 0 saturated heterocycles. The minimum absolute atomic E-state index is 0.222. The molecule has 3 rings (SSSR count). The number of aromatic nitrogens is 4. The van der Waals surface area contributed by atoms with E-state index >= 15 is 0 Å². The van der Waals surface area contributed by atoms with Crippen molar-refractivity contribution in [2.45, 2.75) is 13.3 Å². The monoisotopic (exact) mass is 406 g/mol. The lowest BCUT2D eigenvalue weighted by molar-refractivity contribution is -0.274.